The second kappa shape index (κ2) is 15.5. The predicted molar refractivity (Wildman–Crippen MR) is 275 cm³/mol. The van der Waals surface area contributed by atoms with Crippen LogP contribution in [0.3, 0.4) is 0 Å². The van der Waals surface area contributed by atoms with Gasteiger partial charge in [-0.2, -0.15) is 0 Å². The lowest BCUT2D eigenvalue weighted by Gasteiger charge is -2.36. The van der Waals surface area contributed by atoms with E-state index in [1.54, 1.807) is 0 Å². The predicted octanol–water partition coefficient (Wildman–Crippen LogP) is 17.0. The van der Waals surface area contributed by atoms with Crippen molar-refractivity contribution in [3.63, 3.8) is 0 Å². The molecule has 0 amide bonds. The van der Waals surface area contributed by atoms with E-state index in [1.165, 1.54) is 100 Å². The number of nitrogens with zero attached hydrogens (tertiary/aromatic N) is 1. The van der Waals surface area contributed by atoms with Crippen LogP contribution in [0.2, 0.25) is 0 Å². The molecule has 316 valence electrons. The normalized spacial score (nSPS) is 13.7. The molecule has 2 aliphatic rings. The van der Waals surface area contributed by atoms with Crippen LogP contribution in [0.25, 0.3) is 44.5 Å². The molecule has 0 saturated carbocycles. The highest BCUT2D eigenvalue weighted by molar-refractivity contribution is 5.97. The van der Waals surface area contributed by atoms with E-state index in [1.807, 2.05) is 0 Å². The zero-order valence-corrected chi connectivity index (χ0v) is 38.4. The number of hydrogen-bond donors (Lipinski definition) is 0. The molecule has 1 aliphatic heterocycles. The van der Waals surface area contributed by atoms with Crippen molar-refractivity contribution in [1.82, 2.24) is 0 Å². The second-order valence-corrected chi connectivity index (χ2v) is 20.2. The summed E-state index contributed by atoms with van der Waals surface area (Å²) in [6.45, 7) is 14.1. The number of benzene rings is 9. The van der Waals surface area contributed by atoms with E-state index >= 15 is 0 Å². The summed E-state index contributed by atoms with van der Waals surface area (Å²) in [6, 6.07) is 79.8. The molecular weight excluding hydrogens is 783 g/mol. The topological polar surface area (TPSA) is 3.24 Å². The van der Waals surface area contributed by atoms with Gasteiger partial charge in [0.25, 0.3) is 0 Å². The molecule has 0 atom stereocenters. The minimum Gasteiger partial charge on any atom is -0.310 e. The van der Waals surface area contributed by atoms with E-state index in [0.717, 1.165) is 12.1 Å². The fourth-order valence-electron chi connectivity index (χ4n) is 10.7. The molecular formula is C64H55N. The Hall–Kier alpha value is -7.22. The molecule has 11 rings (SSSR count). The summed E-state index contributed by atoms with van der Waals surface area (Å²) in [5, 5.41) is 0. The molecule has 9 aromatic carbocycles. The second-order valence-electron chi connectivity index (χ2n) is 20.2. The lowest BCUT2D eigenvalue weighted by atomic mass is 9.66. The molecule has 1 heterocycles. The first-order valence-corrected chi connectivity index (χ1v) is 23.2. The largest absolute Gasteiger partial charge is 0.310 e. The van der Waals surface area contributed by atoms with E-state index in [4.69, 9.17) is 0 Å². The van der Waals surface area contributed by atoms with Crippen LogP contribution in [-0.4, -0.2) is 0 Å². The molecule has 0 saturated heterocycles. The highest BCUT2D eigenvalue weighted by atomic mass is 15.2. The molecule has 0 N–H and O–H groups in total. The van der Waals surface area contributed by atoms with Gasteiger partial charge in [-0.25, -0.2) is 0 Å². The van der Waals surface area contributed by atoms with Gasteiger partial charge in [0.2, 0.25) is 0 Å². The number of rotatable bonds is 6. The lowest BCUT2D eigenvalue weighted by molar-refractivity contribution is 0.586. The summed E-state index contributed by atoms with van der Waals surface area (Å²) < 4.78 is 0. The van der Waals surface area contributed by atoms with E-state index in [-0.39, 0.29) is 10.8 Å². The zero-order valence-electron chi connectivity index (χ0n) is 38.4. The van der Waals surface area contributed by atoms with Crippen LogP contribution >= 0.6 is 0 Å². The quantitative estimate of drug-likeness (QED) is 0.161. The smallest absolute Gasteiger partial charge is 0.0713 e. The van der Waals surface area contributed by atoms with E-state index < -0.39 is 5.41 Å². The Morgan fingerprint density at radius 3 is 1.32 bits per heavy atom. The Morgan fingerprint density at radius 2 is 0.831 bits per heavy atom. The van der Waals surface area contributed by atoms with Gasteiger partial charge in [-0.1, -0.05) is 211 Å². The molecule has 0 bridgehead atoms. The van der Waals surface area contributed by atoms with Crippen molar-refractivity contribution in [3.8, 4) is 44.5 Å². The van der Waals surface area contributed by atoms with E-state index in [9.17, 15) is 0 Å². The Morgan fingerprint density at radius 1 is 0.369 bits per heavy atom. The van der Waals surface area contributed by atoms with Crippen molar-refractivity contribution in [2.24, 2.45) is 0 Å². The molecule has 9 aromatic rings. The monoisotopic (exact) mass is 837 g/mol. The van der Waals surface area contributed by atoms with Crippen molar-refractivity contribution in [1.29, 1.82) is 0 Å². The maximum atomic E-state index is 2.54. The van der Waals surface area contributed by atoms with E-state index in [2.05, 4.69) is 259 Å². The third kappa shape index (κ3) is 6.84. The summed E-state index contributed by atoms with van der Waals surface area (Å²) in [4.78, 5) is 2.48. The molecule has 0 unspecified atom stereocenters. The summed E-state index contributed by atoms with van der Waals surface area (Å²) >= 11 is 0. The average Bonchev–Trinajstić information content (AvgIpc) is 3.64. The Labute approximate surface area is 385 Å². The minimum absolute atomic E-state index is 0.0178. The third-order valence-corrected chi connectivity index (χ3v) is 14.1. The molecule has 1 nitrogen and oxygen atoms in total. The Bertz CT molecular complexity index is 3070. The van der Waals surface area contributed by atoms with Crippen LogP contribution < -0.4 is 4.90 Å². The summed E-state index contributed by atoms with van der Waals surface area (Å²) in [7, 11) is 0. The van der Waals surface area contributed by atoms with Crippen LogP contribution in [0, 0.1) is 0 Å². The molecule has 0 spiro atoms. The SMILES string of the molecule is CC(C)(C)c1ccc2c(c1)C(c1ccccc1)(c1ccccc1)c1cc(C(C)(C)C)cc(-c3ccc(N4c5ccc(-c6ccccc6)cc5Cc5cc(-c6ccccc6)ccc54)cc3)c1-2. The standard InChI is InChI=1S/C64H55N/c1-62(2,3)52-31-34-55-57(41-52)64(50-23-15-9-16-24-50,51-25-17-10-18-26-51)58-42-53(63(4,5)6)40-56(61(55)58)45-27-32-54(33-28-45)65-59-35-29-46(43-19-11-7-12-20-43)37-48(59)39-49-38-47(30-36-60(49)65)44-21-13-8-14-22-44/h7-38,40-42H,39H2,1-6H3. The summed E-state index contributed by atoms with van der Waals surface area (Å²) in [5.74, 6) is 0. The fourth-order valence-corrected chi connectivity index (χ4v) is 10.7. The van der Waals surface area contributed by atoms with Crippen LogP contribution in [-0.2, 0) is 22.7 Å². The molecule has 0 radical (unpaired) electrons. The van der Waals surface area contributed by atoms with Crippen LogP contribution in [0.5, 0.6) is 0 Å². The Kier molecular flexibility index (Phi) is 9.67. The molecule has 65 heavy (non-hydrogen) atoms. The van der Waals surface area contributed by atoms with Crippen molar-refractivity contribution < 1.29 is 0 Å². The van der Waals surface area contributed by atoms with Gasteiger partial charge in [-0.3, -0.25) is 0 Å². The van der Waals surface area contributed by atoms with Gasteiger partial charge in [-0.05, 0) is 142 Å². The van der Waals surface area contributed by atoms with Gasteiger partial charge in [0.15, 0.2) is 0 Å². The number of anilines is 3. The highest BCUT2D eigenvalue weighted by Crippen LogP contribution is 2.60. The van der Waals surface area contributed by atoms with Gasteiger partial charge >= 0.3 is 0 Å². The summed E-state index contributed by atoms with van der Waals surface area (Å²) in [5.41, 5.74) is 23.7. The Balaban J connectivity index is 1.12. The molecule has 1 aliphatic carbocycles. The number of hydrogen-bond acceptors (Lipinski definition) is 1. The fraction of sp³-hybridized carbons (Fsp3) is 0.156. The van der Waals surface area contributed by atoms with Crippen molar-refractivity contribution in [2.75, 3.05) is 4.90 Å². The maximum Gasteiger partial charge on any atom is 0.0713 e. The minimum atomic E-state index is -0.511. The third-order valence-electron chi connectivity index (χ3n) is 14.1. The van der Waals surface area contributed by atoms with Crippen LogP contribution in [0.4, 0.5) is 17.1 Å². The first kappa shape index (κ1) is 40.5. The van der Waals surface area contributed by atoms with Crippen molar-refractivity contribution in [2.45, 2.75) is 64.2 Å². The summed E-state index contributed by atoms with van der Waals surface area (Å²) in [6.07, 6.45) is 0.868. The van der Waals surface area contributed by atoms with Crippen LogP contribution in [0.1, 0.15) is 86.1 Å². The zero-order chi connectivity index (χ0) is 44.5. The van der Waals surface area contributed by atoms with Gasteiger partial charge < -0.3 is 4.90 Å². The number of fused-ring (bicyclic) bond motifs is 5. The van der Waals surface area contributed by atoms with Gasteiger partial charge in [0.05, 0.1) is 5.41 Å². The van der Waals surface area contributed by atoms with Crippen molar-refractivity contribution >= 4 is 17.1 Å². The van der Waals surface area contributed by atoms with Gasteiger partial charge in [-0.15, -0.1) is 0 Å². The van der Waals surface area contributed by atoms with Crippen molar-refractivity contribution in [3.05, 3.63) is 257 Å². The first-order valence-electron chi connectivity index (χ1n) is 23.2. The molecule has 0 fully saturated rings. The van der Waals surface area contributed by atoms with E-state index in [0.29, 0.717) is 0 Å². The maximum absolute atomic E-state index is 2.54. The highest BCUT2D eigenvalue weighted by Gasteiger charge is 2.48. The first-order chi connectivity index (χ1) is 31.5. The lowest BCUT2D eigenvalue weighted by Crippen LogP contribution is -2.29. The molecule has 1 heteroatoms. The van der Waals surface area contributed by atoms with Crippen LogP contribution in [0.15, 0.2) is 212 Å². The molecule has 0 aromatic heterocycles. The van der Waals surface area contributed by atoms with Gasteiger partial charge in [0.1, 0.15) is 0 Å². The van der Waals surface area contributed by atoms with Gasteiger partial charge in [0, 0.05) is 23.5 Å². The average molecular weight is 838 g/mol.